The number of urea groups is 1. The Morgan fingerprint density at radius 1 is 1.16 bits per heavy atom. The van der Waals surface area contributed by atoms with Crippen molar-refractivity contribution in [2.45, 2.75) is 12.8 Å². The zero-order valence-corrected chi connectivity index (χ0v) is 14.3. The molecule has 25 heavy (non-hydrogen) atoms. The van der Waals surface area contributed by atoms with Crippen LogP contribution >= 0.6 is 0 Å². The van der Waals surface area contributed by atoms with Gasteiger partial charge in [0.15, 0.2) is 5.82 Å². The highest BCUT2D eigenvalue weighted by atomic mass is 19.1. The van der Waals surface area contributed by atoms with Crippen LogP contribution in [0.25, 0.3) is 0 Å². The van der Waals surface area contributed by atoms with Crippen LogP contribution in [0, 0.1) is 5.82 Å². The summed E-state index contributed by atoms with van der Waals surface area (Å²) < 4.78 is 12.9. The molecule has 2 aromatic rings. The molecule has 0 radical (unpaired) electrons. The lowest BCUT2D eigenvalue weighted by Gasteiger charge is -2.21. The fraction of sp³-hybridized carbons (Fsp3) is 0.353. The molecular weight excluding hydrogens is 323 g/mol. The maximum atomic E-state index is 12.9. The second-order valence-corrected chi connectivity index (χ2v) is 6.08. The van der Waals surface area contributed by atoms with Crippen LogP contribution in [-0.2, 0) is 0 Å². The van der Waals surface area contributed by atoms with Gasteiger partial charge in [-0.25, -0.2) is 14.2 Å². The summed E-state index contributed by atoms with van der Waals surface area (Å²) in [5.41, 5.74) is 1.01. The summed E-state index contributed by atoms with van der Waals surface area (Å²) in [4.78, 5) is 25.1. The van der Waals surface area contributed by atoms with E-state index in [1.54, 1.807) is 6.20 Å². The third-order valence-corrected chi connectivity index (χ3v) is 3.92. The maximum absolute atomic E-state index is 12.9. The molecule has 2 heterocycles. The summed E-state index contributed by atoms with van der Waals surface area (Å²) in [6, 6.07) is 5.12. The third-order valence-electron chi connectivity index (χ3n) is 3.92. The van der Waals surface area contributed by atoms with Gasteiger partial charge in [0.2, 0.25) is 5.95 Å². The molecule has 0 unspecified atom stereocenters. The first-order valence-electron chi connectivity index (χ1n) is 8.16. The van der Waals surface area contributed by atoms with Crippen molar-refractivity contribution in [1.82, 2.24) is 9.97 Å². The van der Waals surface area contributed by atoms with Crippen molar-refractivity contribution < 1.29 is 9.18 Å². The fourth-order valence-corrected chi connectivity index (χ4v) is 2.68. The molecule has 3 rings (SSSR count). The summed E-state index contributed by atoms with van der Waals surface area (Å²) in [5.74, 6) is 0.948. The Kier molecular flexibility index (Phi) is 4.97. The van der Waals surface area contributed by atoms with Crippen molar-refractivity contribution in [3.63, 3.8) is 0 Å². The quantitative estimate of drug-likeness (QED) is 0.892. The zero-order valence-electron chi connectivity index (χ0n) is 14.3. The number of hydrogen-bond donors (Lipinski definition) is 2. The Balaban J connectivity index is 1.74. The van der Waals surface area contributed by atoms with Gasteiger partial charge in [0.1, 0.15) is 11.5 Å². The second-order valence-electron chi connectivity index (χ2n) is 6.08. The van der Waals surface area contributed by atoms with Gasteiger partial charge < -0.3 is 20.4 Å². The molecule has 0 saturated carbocycles. The number of rotatable bonds is 4. The molecule has 1 aromatic heterocycles. The highest BCUT2D eigenvalue weighted by molar-refractivity contribution is 6.01. The van der Waals surface area contributed by atoms with Crippen molar-refractivity contribution >= 4 is 29.2 Å². The highest BCUT2D eigenvalue weighted by Crippen LogP contribution is 2.25. The van der Waals surface area contributed by atoms with Crippen LogP contribution < -0.4 is 20.4 Å². The van der Waals surface area contributed by atoms with E-state index in [4.69, 9.17) is 0 Å². The third kappa shape index (κ3) is 4.14. The lowest BCUT2D eigenvalue weighted by Crippen LogP contribution is -2.25. The number of anilines is 4. The number of aromatic nitrogens is 2. The molecular formula is C17H21FN6O. The van der Waals surface area contributed by atoms with Crippen LogP contribution in [-0.4, -0.2) is 43.2 Å². The molecule has 132 valence electrons. The van der Waals surface area contributed by atoms with Crippen molar-refractivity contribution in [2.24, 2.45) is 0 Å². The molecule has 0 atom stereocenters. The van der Waals surface area contributed by atoms with Crippen LogP contribution in [0.5, 0.6) is 0 Å². The zero-order chi connectivity index (χ0) is 17.8. The molecule has 2 N–H and O–H groups in total. The Hall–Kier alpha value is -2.90. The minimum Gasteiger partial charge on any atom is -0.361 e. The molecule has 0 spiro atoms. The lowest BCUT2D eigenvalue weighted by molar-refractivity contribution is 0.262. The second kappa shape index (κ2) is 7.33. The van der Waals surface area contributed by atoms with E-state index in [9.17, 15) is 9.18 Å². The molecule has 0 bridgehead atoms. The average molecular weight is 344 g/mol. The van der Waals surface area contributed by atoms with Gasteiger partial charge in [-0.05, 0) is 37.1 Å². The van der Waals surface area contributed by atoms with Crippen molar-refractivity contribution in [2.75, 3.05) is 47.6 Å². The number of hydrogen-bond acceptors (Lipinski definition) is 5. The van der Waals surface area contributed by atoms with Gasteiger partial charge in [0.25, 0.3) is 0 Å². The average Bonchev–Trinajstić information content (AvgIpc) is 3.11. The number of carbonyl (C=O) groups is 1. The van der Waals surface area contributed by atoms with E-state index < -0.39 is 6.03 Å². The molecule has 1 aromatic carbocycles. The molecule has 1 aliphatic heterocycles. The van der Waals surface area contributed by atoms with Crippen molar-refractivity contribution in [3.8, 4) is 0 Å². The number of halogens is 1. The first-order chi connectivity index (χ1) is 12.0. The van der Waals surface area contributed by atoms with E-state index >= 15 is 0 Å². The first-order valence-corrected chi connectivity index (χ1v) is 8.16. The predicted octanol–water partition coefficient (Wildman–Crippen LogP) is 2.93. The van der Waals surface area contributed by atoms with Gasteiger partial charge in [-0.3, -0.25) is 0 Å². The largest absolute Gasteiger partial charge is 0.361 e. The summed E-state index contributed by atoms with van der Waals surface area (Å²) >= 11 is 0. The van der Waals surface area contributed by atoms with Crippen LogP contribution in [0.3, 0.4) is 0 Å². The Morgan fingerprint density at radius 3 is 2.48 bits per heavy atom. The normalized spacial score (nSPS) is 13.6. The minimum atomic E-state index is -0.438. The van der Waals surface area contributed by atoms with Crippen LogP contribution in [0.1, 0.15) is 12.8 Å². The van der Waals surface area contributed by atoms with Gasteiger partial charge in [0, 0.05) is 32.9 Å². The summed E-state index contributed by atoms with van der Waals surface area (Å²) in [5, 5.41) is 5.40. The number of amides is 2. The van der Waals surface area contributed by atoms with E-state index in [1.165, 1.54) is 24.3 Å². The SMILES string of the molecule is CN(C)c1nc(N2CCCC2)ncc1NC(=O)Nc1ccc(F)cc1. The molecule has 8 heteroatoms. The van der Waals surface area contributed by atoms with E-state index in [1.807, 2.05) is 19.0 Å². The summed E-state index contributed by atoms with van der Waals surface area (Å²) in [7, 11) is 3.72. The van der Waals surface area contributed by atoms with E-state index in [-0.39, 0.29) is 5.82 Å². The van der Waals surface area contributed by atoms with Gasteiger partial charge in [0.05, 0.1) is 6.20 Å². The molecule has 1 aliphatic rings. The molecule has 0 aliphatic carbocycles. The van der Waals surface area contributed by atoms with Gasteiger partial charge in [-0.15, -0.1) is 0 Å². The molecule has 7 nitrogen and oxygen atoms in total. The Labute approximate surface area is 145 Å². The number of nitrogens with one attached hydrogen (secondary N) is 2. The van der Waals surface area contributed by atoms with Gasteiger partial charge >= 0.3 is 6.03 Å². The summed E-state index contributed by atoms with van der Waals surface area (Å²) in [6.07, 6.45) is 3.89. The summed E-state index contributed by atoms with van der Waals surface area (Å²) in [6.45, 7) is 1.90. The van der Waals surface area contributed by atoms with Crippen molar-refractivity contribution in [1.29, 1.82) is 0 Å². The Morgan fingerprint density at radius 2 is 1.84 bits per heavy atom. The lowest BCUT2D eigenvalue weighted by atomic mass is 10.3. The van der Waals surface area contributed by atoms with Gasteiger partial charge in [-0.1, -0.05) is 0 Å². The van der Waals surface area contributed by atoms with Crippen LogP contribution in [0.4, 0.5) is 32.3 Å². The smallest absolute Gasteiger partial charge is 0.323 e. The van der Waals surface area contributed by atoms with E-state index in [0.29, 0.717) is 23.1 Å². The monoisotopic (exact) mass is 344 g/mol. The molecule has 2 amide bonds. The fourth-order valence-electron chi connectivity index (χ4n) is 2.68. The van der Waals surface area contributed by atoms with Crippen LogP contribution in [0.2, 0.25) is 0 Å². The number of carbonyl (C=O) groups excluding carboxylic acids is 1. The highest BCUT2D eigenvalue weighted by Gasteiger charge is 2.18. The Bertz CT molecular complexity index is 743. The van der Waals surface area contributed by atoms with Crippen LogP contribution in [0.15, 0.2) is 30.5 Å². The van der Waals surface area contributed by atoms with E-state index in [0.717, 1.165) is 25.9 Å². The van der Waals surface area contributed by atoms with Crippen molar-refractivity contribution in [3.05, 3.63) is 36.3 Å². The number of benzene rings is 1. The minimum absolute atomic E-state index is 0.355. The van der Waals surface area contributed by atoms with E-state index in [2.05, 4.69) is 25.5 Å². The molecule has 1 saturated heterocycles. The predicted molar refractivity (Wildman–Crippen MR) is 96.8 cm³/mol. The maximum Gasteiger partial charge on any atom is 0.323 e. The number of nitrogens with zero attached hydrogens (tertiary/aromatic N) is 4. The standard InChI is InChI=1S/C17H21FN6O/c1-23(2)15-14(11-19-16(22-15)24-9-3-4-10-24)21-17(25)20-13-7-5-12(18)6-8-13/h5-8,11H,3-4,9-10H2,1-2H3,(H2,20,21,25). The van der Waals surface area contributed by atoms with Gasteiger partial charge in [-0.2, -0.15) is 4.98 Å². The topological polar surface area (TPSA) is 73.4 Å². The first kappa shape index (κ1) is 16.9. The molecule has 1 fully saturated rings.